The van der Waals surface area contributed by atoms with Crippen LogP contribution in [0.3, 0.4) is 0 Å². The SMILES string of the molecule is NC(CNC(=O)c1nc(-c2cccs2)n(-c2ccc(F)cc2)n1)C1CC1. The lowest BCUT2D eigenvalue weighted by Crippen LogP contribution is -2.38. The Labute approximate surface area is 153 Å². The van der Waals surface area contributed by atoms with Crippen LogP contribution in [-0.2, 0) is 0 Å². The van der Waals surface area contributed by atoms with Crippen molar-refractivity contribution < 1.29 is 9.18 Å². The van der Waals surface area contributed by atoms with Crippen LogP contribution in [0.2, 0.25) is 0 Å². The van der Waals surface area contributed by atoms with E-state index < -0.39 is 0 Å². The van der Waals surface area contributed by atoms with E-state index in [2.05, 4.69) is 15.4 Å². The standard InChI is InChI=1S/C18H18FN5OS/c19-12-5-7-13(8-6-12)24-17(15-2-1-9-26-15)22-16(23-24)18(25)21-10-14(20)11-3-4-11/h1-2,5-9,11,14H,3-4,10,20H2,(H,21,25). The van der Waals surface area contributed by atoms with Crippen molar-refractivity contribution in [2.45, 2.75) is 18.9 Å². The smallest absolute Gasteiger partial charge is 0.291 e. The molecule has 1 aliphatic carbocycles. The molecule has 1 aliphatic rings. The van der Waals surface area contributed by atoms with E-state index in [1.165, 1.54) is 23.5 Å². The summed E-state index contributed by atoms with van der Waals surface area (Å²) in [6.07, 6.45) is 2.24. The summed E-state index contributed by atoms with van der Waals surface area (Å²) in [5.41, 5.74) is 6.66. The van der Waals surface area contributed by atoms with Crippen LogP contribution in [0.25, 0.3) is 16.4 Å². The Bertz CT molecular complexity index is 902. The molecule has 2 aromatic heterocycles. The number of nitrogens with zero attached hydrogens (tertiary/aromatic N) is 3. The number of amides is 1. The minimum absolute atomic E-state index is 0.0325. The van der Waals surface area contributed by atoms with Crippen molar-refractivity contribution in [1.29, 1.82) is 0 Å². The highest BCUT2D eigenvalue weighted by Crippen LogP contribution is 2.31. The van der Waals surface area contributed by atoms with Gasteiger partial charge in [-0.15, -0.1) is 16.4 Å². The topological polar surface area (TPSA) is 85.8 Å². The van der Waals surface area contributed by atoms with Gasteiger partial charge in [-0.25, -0.2) is 14.1 Å². The minimum atomic E-state index is -0.361. The van der Waals surface area contributed by atoms with Gasteiger partial charge in [0.15, 0.2) is 5.82 Å². The molecule has 3 N–H and O–H groups in total. The lowest BCUT2D eigenvalue weighted by Gasteiger charge is -2.09. The first-order valence-corrected chi connectivity index (χ1v) is 9.30. The zero-order valence-electron chi connectivity index (χ0n) is 13.9. The van der Waals surface area contributed by atoms with E-state index in [1.807, 2.05) is 17.5 Å². The third-order valence-corrected chi connectivity index (χ3v) is 5.21. The van der Waals surface area contributed by atoms with Crippen LogP contribution in [0.15, 0.2) is 41.8 Å². The van der Waals surface area contributed by atoms with Crippen molar-refractivity contribution in [3.8, 4) is 16.4 Å². The number of thiophene rings is 1. The Hall–Kier alpha value is -2.58. The Morgan fingerprint density at radius 2 is 2.12 bits per heavy atom. The molecule has 0 bridgehead atoms. The van der Waals surface area contributed by atoms with E-state index in [1.54, 1.807) is 16.8 Å². The molecule has 3 aromatic rings. The molecule has 1 fully saturated rings. The predicted molar refractivity (Wildman–Crippen MR) is 97.7 cm³/mol. The van der Waals surface area contributed by atoms with E-state index in [0.717, 1.165) is 17.7 Å². The van der Waals surface area contributed by atoms with E-state index >= 15 is 0 Å². The zero-order chi connectivity index (χ0) is 18.1. The van der Waals surface area contributed by atoms with Crippen molar-refractivity contribution in [2.75, 3.05) is 6.54 Å². The van der Waals surface area contributed by atoms with Gasteiger partial charge in [0.1, 0.15) is 5.82 Å². The van der Waals surface area contributed by atoms with Crippen molar-refractivity contribution in [3.63, 3.8) is 0 Å². The summed E-state index contributed by atoms with van der Waals surface area (Å²) < 4.78 is 14.8. The van der Waals surface area contributed by atoms with Crippen LogP contribution in [0.4, 0.5) is 4.39 Å². The molecule has 1 atom stereocenters. The number of rotatable bonds is 6. The van der Waals surface area contributed by atoms with Gasteiger partial charge in [0.05, 0.1) is 10.6 Å². The lowest BCUT2D eigenvalue weighted by atomic mass is 10.2. The molecule has 0 radical (unpaired) electrons. The number of hydrogen-bond acceptors (Lipinski definition) is 5. The average Bonchev–Trinajstić information content (AvgIpc) is 3.18. The molecule has 134 valence electrons. The van der Waals surface area contributed by atoms with Crippen LogP contribution in [0.5, 0.6) is 0 Å². The maximum Gasteiger partial charge on any atom is 0.291 e. The molecule has 0 aliphatic heterocycles. The fourth-order valence-electron chi connectivity index (χ4n) is 2.72. The Balaban J connectivity index is 1.62. The van der Waals surface area contributed by atoms with Gasteiger partial charge >= 0.3 is 0 Å². The van der Waals surface area contributed by atoms with Gasteiger partial charge in [-0.3, -0.25) is 4.79 Å². The fraction of sp³-hybridized carbons (Fsp3) is 0.278. The zero-order valence-corrected chi connectivity index (χ0v) is 14.7. The van der Waals surface area contributed by atoms with Crippen molar-refractivity contribution in [1.82, 2.24) is 20.1 Å². The van der Waals surface area contributed by atoms with E-state index in [4.69, 9.17) is 5.73 Å². The van der Waals surface area contributed by atoms with E-state index in [9.17, 15) is 9.18 Å². The number of benzene rings is 1. The molecule has 0 spiro atoms. The summed E-state index contributed by atoms with van der Waals surface area (Å²) in [5.74, 6) is 0.420. The van der Waals surface area contributed by atoms with Crippen molar-refractivity contribution in [3.05, 3.63) is 53.4 Å². The molecule has 1 amide bonds. The molecular weight excluding hydrogens is 353 g/mol. The first-order chi connectivity index (χ1) is 12.6. The Morgan fingerprint density at radius 1 is 1.35 bits per heavy atom. The van der Waals surface area contributed by atoms with Crippen molar-refractivity contribution in [2.24, 2.45) is 11.7 Å². The minimum Gasteiger partial charge on any atom is -0.348 e. The molecular formula is C18H18FN5OS. The number of carbonyl (C=O) groups excluding carboxylic acids is 1. The van der Waals surface area contributed by atoms with Crippen molar-refractivity contribution >= 4 is 17.2 Å². The Morgan fingerprint density at radius 3 is 2.77 bits per heavy atom. The molecule has 2 heterocycles. The van der Waals surface area contributed by atoms with Gasteiger partial charge in [-0.05, 0) is 54.5 Å². The van der Waals surface area contributed by atoms with Crippen LogP contribution in [0.1, 0.15) is 23.5 Å². The molecule has 0 saturated heterocycles. The monoisotopic (exact) mass is 371 g/mol. The maximum absolute atomic E-state index is 13.2. The van der Waals surface area contributed by atoms with Crippen LogP contribution < -0.4 is 11.1 Å². The molecule has 8 heteroatoms. The maximum atomic E-state index is 13.2. The summed E-state index contributed by atoms with van der Waals surface area (Å²) in [6.45, 7) is 0.406. The summed E-state index contributed by atoms with van der Waals surface area (Å²) in [5, 5.41) is 9.07. The number of hydrogen-bond donors (Lipinski definition) is 2. The van der Waals surface area contributed by atoms with E-state index in [0.29, 0.717) is 24.0 Å². The highest BCUT2D eigenvalue weighted by atomic mass is 32.1. The highest BCUT2D eigenvalue weighted by Gasteiger charge is 2.29. The van der Waals surface area contributed by atoms with Gasteiger partial charge in [0, 0.05) is 12.6 Å². The number of nitrogens with two attached hydrogens (primary N) is 1. The van der Waals surface area contributed by atoms with E-state index in [-0.39, 0.29) is 23.6 Å². The number of carbonyl (C=O) groups is 1. The number of aromatic nitrogens is 3. The number of nitrogens with one attached hydrogen (secondary N) is 1. The molecule has 6 nitrogen and oxygen atoms in total. The third kappa shape index (κ3) is 3.51. The first-order valence-electron chi connectivity index (χ1n) is 8.42. The van der Waals surface area contributed by atoms with Gasteiger partial charge in [0.2, 0.25) is 5.82 Å². The molecule has 1 saturated carbocycles. The quantitative estimate of drug-likeness (QED) is 0.697. The largest absolute Gasteiger partial charge is 0.348 e. The fourth-order valence-corrected chi connectivity index (χ4v) is 3.41. The summed E-state index contributed by atoms with van der Waals surface area (Å²) >= 11 is 1.49. The highest BCUT2D eigenvalue weighted by molar-refractivity contribution is 7.13. The van der Waals surface area contributed by atoms with Gasteiger partial charge in [-0.1, -0.05) is 6.07 Å². The average molecular weight is 371 g/mol. The second-order valence-electron chi connectivity index (χ2n) is 6.34. The summed E-state index contributed by atoms with van der Waals surface area (Å²) in [6, 6.07) is 9.68. The Kier molecular flexibility index (Phi) is 4.52. The van der Waals surface area contributed by atoms with Crippen LogP contribution >= 0.6 is 11.3 Å². The molecule has 1 unspecified atom stereocenters. The van der Waals surface area contributed by atoms with Gasteiger partial charge in [0.25, 0.3) is 5.91 Å². The second-order valence-corrected chi connectivity index (χ2v) is 7.28. The molecule has 26 heavy (non-hydrogen) atoms. The third-order valence-electron chi connectivity index (χ3n) is 4.35. The lowest BCUT2D eigenvalue weighted by molar-refractivity contribution is 0.0940. The second kappa shape index (κ2) is 6.97. The normalized spacial score (nSPS) is 15.0. The van der Waals surface area contributed by atoms with Gasteiger partial charge < -0.3 is 11.1 Å². The summed E-state index contributed by atoms with van der Waals surface area (Å²) in [7, 11) is 0. The van der Waals surface area contributed by atoms with Crippen LogP contribution in [0, 0.1) is 11.7 Å². The summed E-state index contributed by atoms with van der Waals surface area (Å²) in [4.78, 5) is 17.7. The molecule has 4 rings (SSSR count). The van der Waals surface area contributed by atoms with Gasteiger partial charge in [-0.2, -0.15) is 0 Å². The predicted octanol–water partition coefficient (Wildman–Crippen LogP) is 2.60. The molecule has 1 aromatic carbocycles. The first kappa shape index (κ1) is 16.9. The number of halogens is 1. The van der Waals surface area contributed by atoms with Crippen LogP contribution in [-0.4, -0.2) is 33.3 Å².